The van der Waals surface area contributed by atoms with E-state index in [4.69, 9.17) is 0 Å². The highest BCUT2D eigenvalue weighted by Crippen LogP contribution is 2.23. The van der Waals surface area contributed by atoms with Gasteiger partial charge in [0.2, 0.25) is 5.91 Å². The lowest BCUT2D eigenvalue weighted by Crippen LogP contribution is -2.49. The summed E-state index contributed by atoms with van der Waals surface area (Å²) in [4.78, 5) is 26.6. The van der Waals surface area contributed by atoms with Gasteiger partial charge in [0.1, 0.15) is 6.04 Å². The number of likely N-dealkylation sites (tertiary alicyclic amines) is 1. The van der Waals surface area contributed by atoms with Crippen molar-refractivity contribution in [1.29, 1.82) is 0 Å². The zero-order valence-electron chi connectivity index (χ0n) is 17.8. The van der Waals surface area contributed by atoms with Crippen molar-refractivity contribution in [2.75, 3.05) is 20.2 Å². The summed E-state index contributed by atoms with van der Waals surface area (Å²) in [5.41, 5.74) is 2.36. The number of amides is 2. The lowest BCUT2D eigenvalue weighted by molar-refractivity contribution is -0.124. The molecule has 2 N–H and O–H groups in total. The molecule has 1 fully saturated rings. The van der Waals surface area contributed by atoms with Gasteiger partial charge < -0.3 is 15.4 Å². The topological polar surface area (TPSA) is 70.7 Å². The van der Waals surface area contributed by atoms with Crippen molar-refractivity contribution in [3.63, 3.8) is 0 Å². The van der Waals surface area contributed by atoms with Crippen LogP contribution in [0.3, 0.4) is 0 Å². The minimum Gasteiger partial charge on any atom is -0.453 e. The van der Waals surface area contributed by atoms with Crippen LogP contribution in [-0.2, 0) is 22.6 Å². The Morgan fingerprint density at radius 2 is 1.75 bits per heavy atom. The molecule has 1 aromatic rings. The van der Waals surface area contributed by atoms with E-state index in [0.717, 1.165) is 25.2 Å². The van der Waals surface area contributed by atoms with E-state index in [0.29, 0.717) is 18.4 Å². The second-order valence-electron chi connectivity index (χ2n) is 8.48. The van der Waals surface area contributed by atoms with Crippen molar-refractivity contribution in [3.8, 4) is 0 Å². The highest BCUT2D eigenvalue weighted by atomic mass is 16.5. The van der Waals surface area contributed by atoms with Crippen LogP contribution in [0.25, 0.3) is 0 Å². The molecule has 2 unspecified atom stereocenters. The summed E-state index contributed by atoms with van der Waals surface area (Å²) in [7, 11) is 1.29. The van der Waals surface area contributed by atoms with Crippen LogP contribution in [0.4, 0.5) is 4.79 Å². The molecule has 28 heavy (non-hydrogen) atoms. The largest absolute Gasteiger partial charge is 0.453 e. The molecule has 6 heteroatoms. The van der Waals surface area contributed by atoms with Crippen LogP contribution in [0.5, 0.6) is 0 Å². The number of nitrogens with zero attached hydrogens (tertiary/aromatic N) is 1. The zero-order valence-corrected chi connectivity index (χ0v) is 17.8. The summed E-state index contributed by atoms with van der Waals surface area (Å²) in [6.07, 6.45) is 0.695. The summed E-state index contributed by atoms with van der Waals surface area (Å²) in [6, 6.07) is 7.62. The number of methoxy groups -OCH3 is 1. The number of nitrogens with one attached hydrogen (secondary N) is 2. The molecule has 1 heterocycles. The first-order chi connectivity index (χ1) is 13.3. The molecule has 1 saturated heterocycles. The summed E-state index contributed by atoms with van der Waals surface area (Å²) in [5.74, 6) is 1.19. The third-order valence-corrected chi connectivity index (χ3v) is 5.32. The quantitative estimate of drug-likeness (QED) is 0.751. The third-order valence-electron chi connectivity index (χ3n) is 5.32. The van der Waals surface area contributed by atoms with Crippen LogP contribution in [-0.4, -0.2) is 43.1 Å². The number of ether oxygens (including phenoxy) is 1. The normalized spacial score (nSPS) is 21.2. The Morgan fingerprint density at radius 1 is 1.14 bits per heavy atom. The first-order valence-corrected chi connectivity index (χ1v) is 10.2. The second-order valence-corrected chi connectivity index (χ2v) is 8.48. The van der Waals surface area contributed by atoms with Crippen molar-refractivity contribution < 1.29 is 14.3 Å². The van der Waals surface area contributed by atoms with Crippen molar-refractivity contribution in [2.45, 2.75) is 53.2 Å². The Balaban J connectivity index is 2.00. The van der Waals surface area contributed by atoms with E-state index >= 15 is 0 Å². The monoisotopic (exact) mass is 389 g/mol. The standard InChI is InChI=1S/C22H35N3O3/c1-15(2)20(24-22(27)28-5)21(26)23-11-18-8-6-7-9-19(18)14-25-12-16(3)10-17(4)13-25/h6-9,15-17,20H,10-14H2,1-5H3,(H,23,26)(H,24,27)/t16?,17?,20-/m0/s1. The smallest absolute Gasteiger partial charge is 0.407 e. The maximum absolute atomic E-state index is 12.6. The summed E-state index contributed by atoms with van der Waals surface area (Å²) in [5, 5.41) is 5.59. The lowest BCUT2D eigenvalue weighted by Gasteiger charge is -2.35. The predicted molar refractivity (Wildman–Crippen MR) is 111 cm³/mol. The molecule has 0 spiro atoms. The van der Waals surface area contributed by atoms with Gasteiger partial charge in [-0.3, -0.25) is 9.69 Å². The van der Waals surface area contributed by atoms with Gasteiger partial charge in [-0.1, -0.05) is 52.0 Å². The van der Waals surface area contributed by atoms with Gasteiger partial charge in [-0.05, 0) is 35.3 Å². The van der Waals surface area contributed by atoms with Crippen molar-refractivity contribution in [1.82, 2.24) is 15.5 Å². The fourth-order valence-electron chi connectivity index (χ4n) is 4.06. The van der Waals surface area contributed by atoms with Gasteiger partial charge in [0, 0.05) is 26.2 Å². The molecular formula is C22H35N3O3. The Kier molecular flexibility index (Phi) is 8.30. The summed E-state index contributed by atoms with van der Waals surface area (Å²) in [6.45, 7) is 12.0. The number of carbonyl (C=O) groups is 2. The van der Waals surface area contributed by atoms with Gasteiger partial charge >= 0.3 is 6.09 Å². The fraction of sp³-hybridized carbons (Fsp3) is 0.636. The number of hydrogen-bond acceptors (Lipinski definition) is 4. The molecule has 1 aromatic carbocycles. The maximum Gasteiger partial charge on any atom is 0.407 e. The molecule has 3 atom stereocenters. The number of benzene rings is 1. The average molecular weight is 390 g/mol. The number of rotatable bonds is 7. The van der Waals surface area contributed by atoms with Gasteiger partial charge in [-0.2, -0.15) is 0 Å². The van der Waals surface area contributed by atoms with Crippen molar-refractivity contribution >= 4 is 12.0 Å². The fourth-order valence-corrected chi connectivity index (χ4v) is 4.06. The van der Waals surface area contributed by atoms with Crippen molar-refractivity contribution in [3.05, 3.63) is 35.4 Å². The van der Waals surface area contributed by atoms with Crippen molar-refractivity contribution in [2.24, 2.45) is 17.8 Å². The van der Waals surface area contributed by atoms with Gasteiger partial charge in [0.25, 0.3) is 0 Å². The van der Waals surface area contributed by atoms with E-state index in [9.17, 15) is 9.59 Å². The number of piperidine rings is 1. The number of hydrogen-bond donors (Lipinski definition) is 2. The van der Waals surface area contributed by atoms with E-state index < -0.39 is 12.1 Å². The van der Waals surface area contributed by atoms with E-state index in [-0.39, 0.29) is 11.8 Å². The van der Waals surface area contributed by atoms with Crippen LogP contribution < -0.4 is 10.6 Å². The molecule has 0 aliphatic carbocycles. The molecular weight excluding hydrogens is 354 g/mol. The number of alkyl carbamates (subject to hydrolysis) is 1. The van der Waals surface area contributed by atoms with E-state index in [1.165, 1.54) is 19.1 Å². The van der Waals surface area contributed by atoms with Crippen LogP contribution >= 0.6 is 0 Å². The molecule has 0 saturated carbocycles. The Morgan fingerprint density at radius 3 is 2.32 bits per heavy atom. The molecule has 2 rings (SSSR count). The van der Waals surface area contributed by atoms with Crippen LogP contribution in [0.1, 0.15) is 45.2 Å². The zero-order chi connectivity index (χ0) is 20.7. The molecule has 0 aromatic heterocycles. The molecule has 6 nitrogen and oxygen atoms in total. The Labute approximate surface area is 169 Å². The molecule has 1 aliphatic rings. The average Bonchev–Trinajstić information content (AvgIpc) is 2.63. The maximum atomic E-state index is 12.6. The van der Waals surface area contributed by atoms with Gasteiger partial charge in [0.15, 0.2) is 0 Å². The van der Waals surface area contributed by atoms with Gasteiger partial charge in [-0.25, -0.2) is 4.79 Å². The van der Waals surface area contributed by atoms with Crippen LogP contribution in [0.2, 0.25) is 0 Å². The van der Waals surface area contributed by atoms with E-state index in [1.54, 1.807) is 0 Å². The minimum absolute atomic E-state index is 0.0364. The molecule has 1 aliphatic heterocycles. The lowest BCUT2D eigenvalue weighted by atomic mass is 9.91. The first-order valence-electron chi connectivity index (χ1n) is 10.2. The molecule has 0 bridgehead atoms. The Hall–Kier alpha value is -2.08. The SMILES string of the molecule is COC(=O)N[C@H](C(=O)NCc1ccccc1CN1CC(C)CC(C)C1)C(C)C. The predicted octanol–water partition coefficient (Wildman–Crippen LogP) is 3.16. The van der Waals surface area contributed by atoms with E-state index in [1.807, 2.05) is 26.0 Å². The van der Waals surface area contributed by atoms with Gasteiger partial charge in [0.05, 0.1) is 7.11 Å². The molecule has 2 amide bonds. The molecule has 0 radical (unpaired) electrons. The minimum atomic E-state index is -0.622. The third kappa shape index (κ3) is 6.51. The summed E-state index contributed by atoms with van der Waals surface area (Å²) < 4.78 is 4.63. The van der Waals surface area contributed by atoms with E-state index in [2.05, 4.69) is 46.3 Å². The first kappa shape index (κ1) is 22.2. The van der Waals surface area contributed by atoms with Crippen LogP contribution in [0, 0.1) is 17.8 Å². The van der Waals surface area contributed by atoms with Gasteiger partial charge in [-0.15, -0.1) is 0 Å². The second kappa shape index (κ2) is 10.5. The highest BCUT2D eigenvalue weighted by molar-refractivity contribution is 5.85. The number of carbonyl (C=O) groups excluding carboxylic acids is 2. The summed E-state index contributed by atoms with van der Waals surface area (Å²) >= 11 is 0. The highest BCUT2D eigenvalue weighted by Gasteiger charge is 2.25. The van der Waals surface area contributed by atoms with Crippen LogP contribution in [0.15, 0.2) is 24.3 Å². The molecule has 156 valence electrons. The Bertz CT molecular complexity index is 652.